The maximum atomic E-state index is 8.51. The lowest BCUT2D eigenvalue weighted by molar-refractivity contribution is 0.0883. The maximum absolute atomic E-state index is 8.51. The topological polar surface area (TPSA) is 29.5 Å². The minimum Gasteiger partial charge on any atom is -0.392 e. The van der Waals surface area contributed by atoms with Crippen molar-refractivity contribution in [2.45, 2.75) is 13.0 Å². The predicted molar refractivity (Wildman–Crippen MR) is 57.0 cm³/mol. The molecule has 2 nitrogen and oxygen atoms in total. The van der Waals surface area contributed by atoms with E-state index in [1.54, 1.807) is 6.08 Å². The SMILES string of the molecule is CC(OCC=CCO)c1ccccc1. The summed E-state index contributed by atoms with van der Waals surface area (Å²) in [6.45, 7) is 2.63. The Morgan fingerprint density at radius 2 is 2.00 bits per heavy atom. The lowest BCUT2D eigenvalue weighted by Crippen LogP contribution is -1.99. The Balaban J connectivity index is 2.36. The number of aliphatic hydroxyl groups excluding tert-OH is 1. The smallest absolute Gasteiger partial charge is 0.0801 e. The van der Waals surface area contributed by atoms with Crippen LogP contribution < -0.4 is 0 Å². The molecule has 0 aliphatic carbocycles. The van der Waals surface area contributed by atoms with E-state index in [1.165, 1.54) is 5.56 Å². The van der Waals surface area contributed by atoms with Crippen LogP contribution in [0.1, 0.15) is 18.6 Å². The summed E-state index contributed by atoms with van der Waals surface area (Å²) >= 11 is 0. The molecule has 0 bridgehead atoms. The van der Waals surface area contributed by atoms with Gasteiger partial charge < -0.3 is 9.84 Å². The Kier molecular flexibility index (Phi) is 4.97. The average Bonchev–Trinajstić information content (AvgIpc) is 2.25. The van der Waals surface area contributed by atoms with Gasteiger partial charge in [0.05, 0.1) is 19.3 Å². The highest BCUT2D eigenvalue weighted by atomic mass is 16.5. The van der Waals surface area contributed by atoms with Crippen LogP contribution in [-0.4, -0.2) is 18.3 Å². The number of aliphatic hydroxyl groups is 1. The van der Waals surface area contributed by atoms with Crippen molar-refractivity contribution in [3.8, 4) is 0 Å². The Labute approximate surface area is 84.8 Å². The molecule has 1 rings (SSSR count). The second kappa shape index (κ2) is 6.35. The lowest BCUT2D eigenvalue weighted by atomic mass is 10.1. The lowest BCUT2D eigenvalue weighted by Gasteiger charge is -2.11. The zero-order chi connectivity index (χ0) is 10.2. The molecule has 0 aliphatic rings. The van der Waals surface area contributed by atoms with Gasteiger partial charge in [0.15, 0.2) is 0 Å². The summed E-state index contributed by atoms with van der Waals surface area (Å²) < 4.78 is 5.53. The molecule has 14 heavy (non-hydrogen) atoms. The molecule has 0 aliphatic heterocycles. The zero-order valence-electron chi connectivity index (χ0n) is 8.39. The van der Waals surface area contributed by atoms with E-state index in [0.29, 0.717) is 6.61 Å². The van der Waals surface area contributed by atoms with Crippen molar-refractivity contribution >= 4 is 0 Å². The van der Waals surface area contributed by atoms with Crippen LogP contribution in [0.2, 0.25) is 0 Å². The highest BCUT2D eigenvalue weighted by Gasteiger charge is 2.02. The van der Waals surface area contributed by atoms with Crippen molar-refractivity contribution in [1.29, 1.82) is 0 Å². The molecule has 0 saturated heterocycles. The van der Waals surface area contributed by atoms with Gasteiger partial charge >= 0.3 is 0 Å². The number of hydrogen-bond donors (Lipinski definition) is 1. The van der Waals surface area contributed by atoms with Gasteiger partial charge in [-0.25, -0.2) is 0 Å². The average molecular weight is 192 g/mol. The minimum absolute atomic E-state index is 0.0725. The van der Waals surface area contributed by atoms with E-state index in [4.69, 9.17) is 9.84 Å². The number of ether oxygens (including phenoxy) is 1. The Hall–Kier alpha value is -1.12. The van der Waals surface area contributed by atoms with Crippen LogP contribution in [0.4, 0.5) is 0 Å². The van der Waals surface area contributed by atoms with E-state index in [1.807, 2.05) is 43.3 Å². The normalized spacial score (nSPS) is 13.3. The van der Waals surface area contributed by atoms with Gasteiger partial charge in [-0.15, -0.1) is 0 Å². The van der Waals surface area contributed by atoms with E-state index in [-0.39, 0.29) is 12.7 Å². The zero-order valence-corrected chi connectivity index (χ0v) is 8.39. The van der Waals surface area contributed by atoms with Gasteiger partial charge in [0.25, 0.3) is 0 Å². The standard InChI is InChI=1S/C12H16O2/c1-11(14-10-6-5-9-13)12-7-3-2-4-8-12/h2-8,11,13H,9-10H2,1H3. The van der Waals surface area contributed by atoms with Crippen LogP contribution in [0.3, 0.4) is 0 Å². The maximum Gasteiger partial charge on any atom is 0.0801 e. The third-order valence-corrected chi connectivity index (χ3v) is 1.98. The van der Waals surface area contributed by atoms with Crippen LogP contribution in [0, 0.1) is 0 Å². The summed E-state index contributed by atoms with van der Waals surface area (Å²) in [5, 5.41) is 8.51. The molecule has 1 N–H and O–H groups in total. The van der Waals surface area contributed by atoms with Gasteiger partial charge in [0, 0.05) is 0 Å². The quantitative estimate of drug-likeness (QED) is 0.725. The minimum atomic E-state index is 0.0725. The molecule has 0 amide bonds. The molecule has 1 aromatic carbocycles. The second-order valence-corrected chi connectivity index (χ2v) is 3.04. The molecule has 0 saturated carbocycles. The monoisotopic (exact) mass is 192 g/mol. The van der Waals surface area contributed by atoms with E-state index < -0.39 is 0 Å². The molecule has 0 radical (unpaired) electrons. The molecule has 1 unspecified atom stereocenters. The first-order chi connectivity index (χ1) is 6.84. The fourth-order valence-electron chi connectivity index (χ4n) is 1.16. The van der Waals surface area contributed by atoms with Crippen LogP contribution in [0.5, 0.6) is 0 Å². The van der Waals surface area contributed by atoms with Crippen molar-refractivity contribution in [2.75, 3.05) is 13.2 Å². The molecule has 0 spiro atoms. The summed E-state index contributed by atoms with van der Waals surface area (Å²) in [7, 11) is 0. The molecule has 1 atom stereocenters. The molecule has 0 fully saturated rings. The van der Waals surface area contributed by atoms with E-state index >= 15 is 0 Å². The van der Waals surface area contributed by atoms with Crippen molar-refractivity contribution in [3.05, 3.63) is 48.0 Å². The van der Waals surface area contributed by atoms with Crippen LogP contribution in [0.25, 0.3) is 0 Å². The van der Waals surface area contributed by atoms with E-state index in [9.17, 15) is 0 Å². The van der Waals surface area contributed by atoms with Gasteiger partial charge in [0.2, 0.25) is 0 Å². The number of hydrogen-bond acceptors (Lipinski definition) is 2. The molecule has 1 aromatic rings. The fourth-order valence-corrected chi connectivity index (χ4v) is 1.16. The molecule has 76 valence electrons. The third-order valence-electron chi connectivity index (χ3n) is 1.98. The van der Waals surface area contributed by atoms with Crippen molar-refractivity contribution in [3.63, 3.8) is 0 Å². The van der Waals surface area contributed by atoms with Gasteiger partial charge in [-0.2, -0.15) is 0 Å². The Morgan fingerprint density at radius 1 is 1.29 bits per heavy atom. The van der Waals surface area contributed by atoms with Crippen molar-refractivity contribution < 1.29 is 9.84 Å². The second-order valence-electron chi connectivity index (χ2n) is 3.04. The highest BCUT2D eigenvalue weighted by Crippen LogP contribution is 2.15. The molecule has 0 aromatic heterocycles. The summed E-state index contributed by atoms with van der Waals surface area (Å²) in [5.41, 5.74) is 1.17. The van der Waals surface area contributed by atoms with Gasteiger partial charge in [-0.3, -0.25) is 0 Å². The number of benzene rings is 1. The summed E-state index contributed by atoms with van der Waals surface area (Å²) in [6, 6.07) is 10.1. The van der Waals surface area contributed by atoms with Gasteiger partial charge in [-0.05, 0) is 12.5 Å². The van der Waals surface area contributed by atoms with E-state index in [0.717, 1.165) is 0 Å². The van der Waals surface area contributed by atoms with Crippen LogP contribution >= 0.6 is 0 Å². The van der Waals surface area contributed by atoms with Crippen molar-refractivity contribution in [2.24, 2.45) is 0 Å². The van der Waals surface area contributed by atoms with Gasteiger partial charge in [-0.1, -0.05) is 42.5 Å². The predicted octanol–water partition coefficient (Wildman–Crippen LogP) is 2.31. The third kappa shape index (κ3) is 3.73. The molecular weight excluding hydrogens is 176 g/mol. The highest BCUT2D eigenvalue weighted by molar-refractivity contribution is 5.16. The first-order valence-electron chi connectivity index (χ1n) is 4.77. The molecule has 2 heteroatoms. The first kappa shape index (κ1) is 11.0. The Morgan fingerprint density at radius 3 is 2.64 bits per heavy atom. The fraction of sp³-hybridized carbons (Fsp3) is 0.333. The summed E-state index contributed by atoms with van der Waals surface area (Å²) in [5.74, 6) is 0. The Bertz CT molecular complexity index is 267. The first-order valence-corrected chi connectivity index (χ1v) is 4.77. The largest absolute Gasteiger partial charge is 0.392 e. The van der Waals surface area contributed by atoms with Crippen LogP contribution in [0.15, 0.2) is 42.5 Å². The molecular formula is C12H16O2. The van der Waals surface area contributed by atoms with Crippen molar-refractivity contribution in [1.82, 2.24) is 0 Å². The van der Waals surface area contributed by atoms with Crippen LogP contribution in [-0.2, 0) is 4.74 Å². The summed E-state index contributed by atoms with van der Waals surface area (Å²) in [6.07, 6.45) is 3.59. The van der Waals surface area contributed by atoms with Gasteiger partial charge in [0.1, 0.15) is 0 Å². The molecule has 0 heterocycles. The summed E-state index contributed by atoms with van der Waals surface area (Å²) in [4.78, 5) is 0. The number of rotatable bonds is 5. The van der Waals surface area contributed by atoms with E-state index in [2.05, 4.69) is 0 Å².